The highest BCUT2D eigenvalue weighted by molar-refractivity contribution is 5.38. The maximum atomic E-state index is 13.1. The molecule has 0 amide bonds. The second-order valence-corrected chi connectivity index (χ2v) is 7.13. The Labute approximate surface area is 175 Å². The van der Waals surface area contributed by atoms with Crippen molar-refractivity contribution in [1.29, 1.82) is 0 Å². The van der Waals surface area contributed by atoms with E-state index in [2.05, 4.69) is 10.2 Å². The second-order valence-electron chi connectivity index (χ2n) is 7.13. The standard InChI is InChI=1S/C21H22F6N2O2/c1-30-17-4-2-3-14(9-17)19(29-7-5-28-6-8-29)13-31-18-11-15(20(22,23)24)10-16(12-18)21(25,26)27/h2-4,9-12,19,28H,5-8,13H2,1H3. The van der Waals surface area contributed by atoms with E-state index in [-0.39, 0.29) is 18.7 Å². The number of hydrogen-bond donors (Lipinski definition) is 1. The van der Waals surface area contributed by atoms with E-state index in [1.165, 1.54) is 7.11 Å². The maximum Gasteiger partial charge on any atom is 0.416 e. The molecule has 2 aromatic carbocycles. The van der Waals surface area contributed by atoms with Gasteiger partial charge in [-0.1, -0.05) is 12.1 Å². The van der Waals surface area contributed by atoms with Crippen molar-refractivity contribution in [3.05, 3.63) is 59.2 Å². The molecule has 1 aliphatic heterocycles. The lowest BCUT2D eigenvalue weighted by Gasteiger charge is -2.35. The van der Waals surface area contributed by atoms with E-state index in [1.54, 1.807) is 18.2 Å². The molecule has 1 atom stereocenters. The summed E-state index contributed by atoms with van der Waals surface area (Å²) in [7, 11) is 1.51. The van der Waals surface area contributed by atoms with Crippen LogP contribution < -0.4 is 14.8 Å². The van der Waals surface area contributed by atoms with Gasteiger partial charge in [0.2, 0.25) is 0 Å². The van der Waals surface area contributed by atoms with Gasteiger partial charge in [0.25, 0.3) is 0 Å². The van der Waals surface area contributed by atoms with E-state index in [0.29, 0.717) is 44.1 Å². The van der Waals surface area contributed by atoms with Crippen molar-refractivity contribution in [2.24, 2.45) is 0 Å². The minimum Gasteiger partial charge on any atom is -0.497 e. The quantitative estimate of drug-likeness (QED) is 0.647. The number of nitrogens with one attached hydrogen (secondary N) is 1. The topological polar surface area (TPSA) is 33.7 Å². The number of hydrogen-bond acceptors (Lipinski definition) is 4. The predicted molar refractivity (Wildman–Crippen MR) is 102 cm³/mol. The van der Waals surface area contributed by atoms with Crippen LogP contribution in [0.5, 0.6) is 11.5 Å². The summed E-state index contributed by atoms with van der Waals surface area (Å²) in [6.07, 6.45) is -9.85. The van der Waals surface area contributed by atoms with Gasteiger partial charge in [0.15, 0.2) is 0 Å². The summed E-state index contributed by atoms with van der Waals surface area (Å²) in [5, 5.41) is 3.21. The first-order valence-corrected chi connectivity index (χ1v) is 9.59. The van der Waals surface area contributed by atoms with Crippen molar-refractivity contribution < 1.29 is 35.8 Å². The van der Waals surface area contributed by atoms with Crippen LogP contribution in [-0.2, 0) is 12.4 Å². The lowest BCUT2D eigenvalue weighted by atomic mass is 10.0. The molecule has 1 saturated heterocycles. The van der Waals surface area contributed by atoms with Crippen LogP contribution in [0.1, 0.15) is 22.7 Å². The zero-order valence-electron chi connectivity index (χ0n) is 16.7. The van der Waals surface area contributed by atoms with Crippen LogP contribution in [0.2, 0.25) is 0 Å². The fraction of sp³-hybridized carbons (Fsp3) is 0.429. The molecule has 1 fully saturated rings. The predicted octanol–water partition coefficient (Wildman–Crippen LogP) is 4.76. The van der Waals surface area contributed by atoms with E-state index in [9.17, 15) is 26.3 Å². The average Bonchev–Trinajstić information content (AvgIpc) is 2.73. The van der Waals surface area contributed by atoms with Crippen LogP contribution in [0.3, 0.4) is 0 Å². The van der Waals surface area contributed by atoms with Gasteiger partial charge in [-0.05, 0) is 35.9 Å². The normalized spacial score (nSPS) is 16.7. The van der Waals surface area contributed by atoms with E-state index < -0.39 is 29.2 Å². The Hall–Kier alpha value is -2.46. The Morgan fingerprint density at radius 1 is 0.903 bits per heavy atom. The molecular weight excluding hydrogens is 426 g/mol. The number of ether oxygens (including phenoxy) is 2. The SMILES string of the molecule is COc1cccc(C(COc2cc(C(F)(F)F)cc(C(F)(F)F)c2)N2CCNCC2)c1. The van der Waals surface area contributed by atoms with E-state index in [4.69, 9.17) is 9.47 Å². The minimum absolute atomic E-state index is 0.0860. The van der Waals surface area contributed by atoms with E-state index in [1.807, 2.05) is 6.07 Å². The molecule has 1 unspecified atom stereocenters. The Morgan fingerprint density at radius 3 is 2.06 bits per heavy atom. The van der Waals surface area contributed by atoms with Gasteiger partial charge in [-0.2, -0.15) is 26.3 Å². The molecule has 4 nitrogen and oxygen atoms in total. The minimum atomic E-state index is -4.93. The van der Waals surface area contributed by atoms with Gasteiger partial charge in [0.05, 0.1) is 24.3 Å². The van der Waals surface area contributed by atoms with Gasteiger partial charge in [-0.25, -0.2) is 0 Å². The fourth-order valence-electron chi connectivity index (χ4n) is 3.44. The van der Waals surface area contributed by atoms with Crippen LogP contribution >= 0.6 is 0 Å². The molecule has 0 spiro atoms. The van der Waals surface area contributed by atoms with Crippen molar-refractivity contribution in [3.63, 3.8) is 0 Å². The summed E-state index contributed by atoms with van der Waals surface area (Å²) in [5.74, 6) is 0.112. The molecule has 0 saturated carbocycles. The molecule has 0 aromatic heterocycles. The smallest absolute Gasteiger partial charge is 0.416 e. The van der Waals surface area contributed by atoms with Crippen LogP contribution in [0.15, 0.2) is 42.5 Å². The first-order valence-electron chi connectivity index (χ1n) is 9.59. The zero-order chi connectivity index (χ0) is 22.6. The lowest BCUT2D eigenvalue weighted by Crippen LogP contribution is -2.46. The van der Waals surface area contributed by atoms with Crippen molar-refractivity contribution >= 4 is 0 Å². The third-order valence-corrected chi connectivity index (χ3v) is 5.04. The number of piperazine rings is 1. The Bertz CT molecular complexity index is 847. The molecule has 1 N–H and O–H groups in total. The van der Waals surface area contributed by atoms with E-state index >= 15 is 0 Å². The summed E-state index contributed by atoms with van der Waals surface area (Å²) in [6.45, 7) is 2.61. The summed E-state index contributed by atoms with van der Waals surface area (Å²) in [6, 6.07) is 8.03. The highest BCUT2D eigenvalue weighted by atomic mass is 19.4. The third kappa shape index (κ3) is 6.04. The monoisotopic (exact) mass is 448 g/mol. The molecule has 0 radical (unpaired) electrons. The van der Waals surface area contributed by atoms with Gasteiger partial charge < -0.3 is 14.8 Å². The molecule has 1 aliphatic rings. The molecule has 31 heavy (non-hydrogen) atoms. The number of alkyl halides is 6. The Morgan fingerprint density at radius 2 is 1.52 bits per heavy atom. The molecular formula is C21H22F6N2O2. The summed E-state index contributed by atoms with van der Waals surface area (Å²) in [4.78, 5) is 2.07. The van der Waals surface area contributed by atoms with Gasteiger partial charge in [-0.15, -0.1) is 0 Å². The highest BCUT2D eigenvalue weighted by Crippen LogP contribution is 2.38. The van der Waals surface area contributed by atoms with Crippen molar-refractivity contribution in [2.45, 2.75) is 18.4 Å². The maximum absolute atomic E-state index is 13.1. The molecule has 10 heteroatoms. The second kappa shape index (κ2) is 9.35. The zero-order valence-corrected chi connectivity index (χ0v) is 16.7. The van der Waals surface area contributed by atoms with Gasteiger partial charge >= 0.3 is 12.4 Å². The Kier molecular flexibility index (Phi) is 7.00. The first kappa shape index (κ1) is 23.2. The highest BCUT2D eigenvalue weighted by Gasteiger charge is 2.37. The lowest BCUT2D eigenvalue weighted by molar-refractivity contribution is -0.143. The van der Waals surface area contributed by atoms with Crippen molar-refractivity contribution in [1.82, 2.24) is 10.2 Å². The first-order chi connectivity index (χ1) is 14.6. The van der Waals surface area contributed by atoms with Crippen LogP contribution in [0, 0.1) is 0 Å². The van der Waals surface area contributed by atoms with Crippen LogP contribution in [0.4, 0.5) is 26.3 Å². The molecule has 3 rings (SSSR count). The molecule has 170 valence electrons. The molecule has 0 aliphatic carbocycles. The van der Waals surface area contributed by atoms with E-state index in [0.717, 1.165) is 5.56 Å². The number of methoxy groups -OCH3 is 1. The van der Waals surface area contributed by atoms with Gasteiger partial charge in [0, 0.05) is 26.2 Å². The largest absolute Gasteiger partial charge is 0.497 e. The summed E-state index contributed by atoms with van der Waals surface area (Å²) in [5.41, 5.74) is -2.01. The van der Waals surface area contributed by atoms with Crippen LogP contribution in [-0.4, -0.2) is 44.8 Å². The molecule has 1 heterocycles. The number of benzene rings is 2. The molecule has 0 bridgehead atoms. The third-order valence-electron chi connectivity index (χ3n) is 5.04. The number of nitrogens with zero attached hydrogens (tertiary/aromatic N) is 1. The fourth-order valence-corrected chi connectivity index (χ4v) is 3.44. The van der Waals surface area contributed by atoms with Crippen molar-refractivity contribution in [3.8, 4) is 11.5 Å². The van der Waals surface area contributed by atoms with Gasteiger partial charge in [0.1, 0.15) is 18.1 Å². The van der Waals surface area contributed by atoms with Crippen molar-refractivity contribution in [2.75, 3.05) is 39.9 Å². The summed E-state index contributed by atoms with van der Waals surface area (Å²) < 4.78 is 89.5. The van der Waals surface area contributed by atoms with Crippen LogP contribution in [0.25, 0.3) is 0 Å². The number of rotatable bonds is 6. The number of halogens is 6. The summed E-state index contributed by atoms with van der Waals surface area (Å²) >= 11 is 0. The Balaban J connectivity index is 1.90. The molecule has 2 aromatic rings. The van der Waals surface area contributed by atoms with Gasteiger partial charge in [-0.3, -0.25) is 4.90 Å². The average molecular weight is 448 g/mol.